The Kier molecular flexibility index (Phi) is 7.85. The number of carbonyl (C=O) groups excluding carboxylic acids is 2. The van der Waals surface area contributed by atoms with E-state index in [4.69, 9.17) is 4.74 Å². The highest BCUT2D eigenvalue weighted by Gasteiger charge is 2.24. The zero-order valence-electron chi connectivity index (χ0n) is 15.8. The second-order valence-corrected chi connectivity index (χ2v) is 7.54. The Morgan fingerprint density at radius 3 is 2.44 bits per heavy atom. The van der Waals surface area contributed by atoms with E-state index in [0.29, 0.717) is 12.3 Å². The lowest BCUT2D eigenvalue weighted by molar-refractivity contribution is -0.129. The van der Waals surface area contributed by atoms with Crippen molar-refractivity contribution in [3.05, 3.63) is 64.1 Å². The van der Waals surface area contributed by atoms with Crippen LogP contribution in [0.15, 0.2) is 53.0 Å². The van der Waals surface area contributed by atoms with Gasteiger partial charge in [-0.2, -0.15) is 0 Å². The van der Waals surface area contributed by atoms with Crippen LogP contribution in [0.5, 0.6) is 5.75 Å². The Bertz CT molecular complexity index is 778. The highest BCUT2D eigenvalue weighted by molar-refractivity contribution is 9.10. The lowest BCUT2D eigenvalue weighted by Gasteiger charge is -2.22. The topological polar surface area (TPSA) is 67.4 Å². The standard InChI is InChI=1S/C21H25BrN2O3/c1-14(2)20(24-19(25)11-15-7-5-4-6-8-15)21(26)23-13-16-12-17(22)9-10-18(16)27-3/h4-10,12,14,20H,11,13H2,1-3H3,(H,23,26)(H,24,25). The highest BCUT2D eigenvalue weighted by Crippen LogP contribution is 2.22. The van der Waals surface area contributed by atoms with Crippen LogP contribution in [0.1, 0.15) is 25.0 Å². The van der Waals surface area contributed by atoms with E-state index in [-0.39, 0.29) is 24.2 Å². The van der Waals surface area contributed by atoms with Gasteiger partial charge in [-0.15, -0.1) is 0 Å². The van der Waals surface area contributed by atoms with Crippen molar-refractivity contribution in [2.45, 2.75) is 32.9 Å². The number of ether oxygens (including phenoxy) is 1. The summed E-state index contributed by atoms with van der Waals surface area (Å²) in [4.78, 5) is 25.0. The molecule has 0 saturated carbocycles. The molecule has 0 heterocycles. The third kappa shape index (κ3) is 6.40. The lowest BCUT2D eigenvalue weighted by atomic mass is 10.0. The number of nitrogens with one attached hydrogen (secondary N) is 2. The first kappa shape index (κ1) is 21.0. The summed E-state index contributed by atoms with van der Waals surface area (Å²) in [6, 6.07) is 14.5. The molecule has 0 bridgehead atoms. The van der Waals surface area contributed by atoms with E-state index in [2.05, 4.69) is 26.6 Å². The van der Waals surface area contributed by atoms with E-state index in [1.807, 2.05) is 62.4 Å². The van der Waals surface area contributed by atoms with Gasteiger partial charge in [0.25, 0.3) is 0 Å². The van der Waals surface area contributed by atoms with Gasteiger partial charge in [0.1, 0.15) is 11.8 Å². The fraction of sp³-hybridized carbons (Fsp3) is 0.333. The summed E-state index contributed by atoms with van der Waals surface area (Å²) in [6.07, 6.45) is 0.247. The number of carbonyl (C=O) groups is 2. The zero-order valence-corrected chi connectivity index (χ0v) is 17.4. The van der Waals surface area contributed by atoms with Crippen LogP contribution in [0.4, 0.5) is 0 Å². The molecule has 2 aromatic carbocycles. The van der Waals surface area contributed by atoms with E-state index >= 15 is 0 Å². The normalized spacial score (nSPS) is 11.7. The Morgan fingerprint density at radius 1 is 1.11 bits per heavy atom. The van der Waals surface area contributed by atoms with Gasteiger partial charge in [0.15, 0.2) is 0 Å². The minimum absolute atomic E-state index is 0.0332. The van der Waals surface area contributed by atoms with Crippen molar-refractivity contribution in [3.8, 4) is 5.75 Å². The SMILES string of the molecule is COc1ccc(Br)cc1CNC(=O)C(NC(=O)Cc1ccccc1)C(C)C. The van der Waals surface area contributed by atoms with Crippen LogP contribution < -0.4 is 15.4 Å². The fourth-order valence-electron chi connectivity index (χ4n) is 2.72. The summed E-state index contributed by atoms with van der Waals surface area (Å²) in [6.45, 7) is 4.14. The van der Waals surface area contributed by atoms with Crippen molar-refractivity contribution in [2.75, 3.05) is 7.11 Å². The van der Waals surface area contributed by atoms with E-state index in [0.717, 1.165) is 15.6 Å². The molecular weight excluding hydrogens is 408 g/mol. The van der Waals surface area contributed by atoms with Crippen molar-refractivity contribution in [1.29, 1.82) is 0 Å². The van der Waals surface area contributed by atoms with Crippen LogP contribution in [0.3, 0.4) is 0 Å². The molecule has 27 heavy (non-hydrogen) atoms. The second-order valence-electron chi connectivity index (χ2n) is 6.63. The molecule has 0 aliphatic rings. The molecule has 0 saturated heterocycles. The van der Waals surface area contributed by atoms with Gasteiger partial charge in [0.05, 0.1) is 13.5 Å². The Morgan fingerprint density at radius 2 is 1.81 bits per heavy atom. The number of hydrogen-bond donors (Lipinski definition) is 2. The van der Waals surface area contributed by atoms with Crippen molar-refractivity contribution < 1.29 is 14.3 Å². The predicted molar refractivity (Wildman–Crippen MR) is 109 cm³/mol. The average Bonchev–Trinajstić information content (AvgIpc) is 2.65. The predicted octanol–water partition coefficient (Wildman–Crippen LogP) is 3.46. The molecule has 0 spiro atoms. The molecule has 1 unspecified atom stereocenters. The summed E-state index contributed by atoms with van der Waals surface area (Å²) >= 11 is 3.42. The minimum Gasteiger partial charge on any atom is -0.496 e. The maximum atomic E-state index is 12.7. The van der Waals surface area contributed by atoms with Crippen LogP contribution in [0, 0.1) is 5.92 Å². The van der Waals surface area contributed by atoms with Crippen molar-refractivity contribution in [2.24, 2.45) is 5.92 Å². The van der Waals surface area contributed by atoms with Crippen molar-refractivity contribution >= 4 is 27.7 Å². The zero-order chi connectivity index (χ0) is 19.8. The van der Waals surface area contributed by atoms with Crippen LogP contribution >= 0.6 is 15.9 Å². The third-order valence-corrected chi connectivity index (χ3v) is 4.66. The van der Waals surface area contributed by atoms with Crippen molar-refractivity contribution in [1.82, 2.24) is 10.6 Å². The first-order valence-electron chi connectivity index (χ1n) is 8.84. The Hall–Kier alpha value is -2.34. The van der Waals surface area contributed by atoms with Crippen LogP contribution in [0.25, 0.3) is 0 Å². The monoisotopic (exact) mass is 432 g/mol. The first-order chi connectivity index (χ1) is 12.9. The van der Waals surface area contributed by atoms with Gasteiger partial charge in [-0.05, 0) is 29.7 Å². The molecular formula is C21H25BrN2O3. The van der Waals surface area contributed by atoms with Crippen LogP contribution in [-0.2, 0) is 22.6 Å². The van der Waals surface area contributed by atoms with E-state index in [1.165, 1.54) is 0 Å². The number of halogens is 1. The summed E-state index contributed by atoms with van der Waals surface area (Å²) in [5, 5.41) is 5.75. The number of amides is 2. The molecule has 0 aliphatic heterocycles. The molecule has 2 aromatic rings. The number of rotatable bonds is 8. The van der Waals surface area contributed by atoms with Gasteiger partial charge >= 0.3 is 0 Å². The summed E-state index contributed by atoms with van der Waals surface area (Å²) < 4.78 is 6.24. The van der Waals surface area contributed by atoms with Crippen LogP contribution in [-0.4, -0.2) is 25.0 Å². The highest BCUT2D eigenvalue weighted by atomic mass is 79.9. The van der Waals surface area contributed by atoms with Gasteiger partial charge in [-0.1, -0.05) is 60.1 Å². The molecule has 144 valence electrons. The molecule has 0 aliphatic carbocycles. The molecule has 0 aromatic heterocycles. The van der Waals surface area contributed by atoms with E-state index in [9.17, 15) is 9.59 Å². The van der Waals surface area contributed by atoms with Gasteiger partial charge < -0.3 is 15.4 Å². The Balaban J connectivity index is 1.98. The molecule has 5 nitrogen and oxygen atoms in total. The maximum Gasteiger partial charge on any atom is 0.243 e. The third-order valence-electron chi connectivity index (χ3n) is 4.17. The van der Waals surface area contributed by atoms with E-state index in [1.54, 1.807) is 7.11 Å². The van der Waals surface area contributed by atoms with E-state index < -0.39 is 6.04 Å². The second kappa shape index (κ2) is 10.1. The fourth-order valence-corrected chi connectivity index (χ4v) is 3.13. The number of benzene rings is 2. The molecule has 0 fully saturated rings. The largest absolute Gasteiger partial charge is 0.496 e. The number of hydrogen-bond acceptors (Lipinski definition) is 3. The quantitative estimate of drug-likeness (QED) is 0.670. The van der Waals surface area contributed by atoms with Crippen LogP contribution in [0.2, 0.25) is 0 Å². The smallest absolute Gasteiger partial charge is 0.243 e. The van der Waals surface area contributed by atoms with Gasteiger partial charge in [0.2, 0.25) is 11.8 Å². The molecule has 0 radical (unpaired) electrons. The van der Waals surface area contributed by atoms with Crippen molar-refractivity contribution in [3.63, 3.8) is 0 Å². The average molecular weight is 433 g/mol. The Labute approximate surface area is 168 Å². The van der Waals surface area contributed by atoms with Gasteiger partial charge in [-0.3, -0.25) is 9.59 Å². The van der Waals surface area contributed by atoms with Gasteiger partial charge in [-0.25, -0.2) is 0 Å². The maximum absolute atomic E-state index is 12.7. The van der Waals surface area contributed by atoms with Gasteiger partial charge in [0, 0.05) is 16.6 Å². The lowest BCUT2D eigenvalue weighted by Crippen LogP contribution is -2.49. The summed E-state index contributed by atoms with van der Waals surface area (Å²) in [7, 11) is 1.59. The molecule has 6 heteroatoms. The molecule has 2 N–H and O–H groups in total. The first-order valence-corrected chi connectivity index (χ1v) is 9.63. The number of methoxy groups -OCH3 is 1. The molecule has 2 amide bonds. The summed E-state index contributed by atoms with van der Waals surface area (Å²) in [5.41, 5.74) is 1.77. The molecule has 1 atom stereocenters. The molecule has 2 rings (SSSR count). The summed E-state index contributed by atoms with van der Waals surface area (Å²) in [5.74, 6) is 0.283. The minimum atomic E-state index is -0.598.